The average Bonchev–Trinajstić information content (AvgIpc) is 3.28. The summed E-state index contributed by atoms with van der Waals surface area (Å²) in [5, 5.41) is 13.3. The van der Waals surface area contributed by atoms with Crippen molar-refractivity contribution in [3.63, 3.8) is 0 Å². The molecule has 7 nitrogen and oxygen atoms in total. The van der Waals surface area contributed by atoms with E-state index in [1.165, 1.54) is 6.20 Å². The topological polar surface area (TPSA) is 104 Å². The highest BCUT2D eigenvalue weighted by molar-refractivity contribution is 6.31. The molecule has 3 aromatic heterocycles. The number of aromatic amines is 1. The molecule has 0 amide bonds. The van der Waals surface area contributed by atoms with Crippen molar-refractivity contribution in [3.05, 3.63) is 35.5 Å². The number of rotatable bonds is 5. The Bertz CT molecular complexity index is 1010. The average molecular weight is 390 g/mol. The van der Waals surface area contributed by atoms with Crippen LogP contribution in [0.1, 0.15) is 19.3 Å². The third kappa shape index (κ3) is 3.57. The lowest BCUT2D eigenvalue weighted by molar-refractivity contribution is -0.141. The summed E-state index contributed by atoms with van der Waals surface area (Å²) in [4.78, 5) is 26.7. The Labute approximate surface area is 159 Å². The van der Waals surface area contributed by atoms with Crippen LogP contribution in [0.25, 0.3) is 22.4 Å². The van der Waals surface area contributed by atoms with Crippen molar-refractivity contribution >= 4 is 34.4 Å². The number of nitrogens with zero attached hydrogens (tertiary/aromatic N) is 3. The van der Waals surface area contributed by atoms with Crippen LogP contribution in [-0.4, -0.2) is 37.6 Å². The van der Waals surface area contributed by atoms with Crippen LogP contribution in [0, 0.1) is 17.7 Å². The quantitative estimate of drug-likeness (QED) is 0.614. The number of hydrogen-bond acceptors (Lipinski definition) is 5. The number of halogens is 2. The number of aromatic nitrogens is 4. The Kier molecular flexibility index (Phi) is 4.65. The van der Waals surface area contributed by atoms with Gasteiger partial charge in [0.15, 0.2) is 17.5 Å². The minimum Gasteiger partial charge on any atom is -0.481 e. The molecule has 0 aliphatic heterocycles. The molecule has 4 rings (SSSR count). The van der Waals surface area contributed by atoms with Crippen LogP contribution in [0.2, 0.25) is 5.02 Å². The summed E-state index contributed by atoms with van der Waals surface area (Å²) in [6, 6.07) is 1.75. The molecule has 0 spiro atoms. The molecule has 3 N–H and O–H groups in total. The van der Waals surface area contributed by atoms with E-state index in [0.717, 1.165) is 18.0 Å². The van der Waals surface area contributed by atoms with Gasteiger partial charge in [-0.3, -0.25) is 4.79 Å². The normalized spacial score (nSPS) is 19.5. The van der Waals surface area contributed by atoms with Gasteiger partial charge in [-0.15, -0.1) is 0 Å². The highest BCUT2D eigenvalue weighted by atomic mass is 35.5. The lowest BCUT2D eigenvalue weighted by Gasteiger charge is -2.12. The predicted octanol–water partition coefficient (Wildman–Crippen LogP) is 3.73. The zero-order valence-electron chi connectivity index (χ0n) is 14.2. The van der Waals surface area contributed by atoms with Gasteiger partial charge in [0.2, 0.25) is 0 Å². The first kappa shape index (κ1) is 17.7. The molecule has 0 saturated heterocycles. The van der Waals surface area contributed by atoms with Gasteiger partial charge in [-0.1, -0.05) is 11.6 Å². The summed E-state index contributed by atoms with van der Waals surface area (Å²) < 4.78 is 14.1. The summed E-state index contributed by atoms with van der Waals surface area (Å²) in [6.07, 6.45) is 6.41. The van der Waals surface area contributed by atoms with Crippen LogP contribution >= 0.6 is 11.6 Å². The van der Waals surface area contributed by atoms with Crippen molar-refractivity contribution in [2.24, 2.45) is 11.8 Å². The van der Waals surface area contributed by atoms with Gasteiger partial charge >= 0.3 is 5.97 Å². The van der Waals surface area contributed by atoms with Crippen molar-refractivity contribution in [2.45, 2.75) is 19.3 Å². The second kappa shape index (κ2) is 7.11. The van der Waals surface area contributed by atoms with Crippen LogP contribution in [0.4, 0.5) is 10.2 Å². The number of anilines is 1. The first-order valence-corrected chi connectivity index (χ1v) is 9.01. The molecule has 1 aliphatic carbocycles. The maximum absolute atomic E-state index is 14.1. The fourth-order valence-corrected chi connectivity index (χ4v) is 3.67. The molecule has 1 unspecified atom stereocenters. The van der Waals surface area contributed by atoms with E-state index in [9.17, 15) is 9.18 Å². The zero-order chi connectivity index (χ0) is 19.0. The number of H-pyrrole nitrogens is 1. The SMILES string of the molecule is O=C(O)[C@H]1CCC(CNc2nc(-c3c[nH]c4ncc(Cl)cc34)ncc2F)C1. The zero-order valence-corrected chi connectivity index (χ0v) is 15.0. The van der Waals surface area contributed by atoms with Crippen molar-refractivity contribution < 1.29 is 14.3 Å². The van der Waals surface area contributed by atoms with E-state index >= 15 is 0 Å². The second-order valence-electron chi connectivity index (χ2n) is 6.74. The summed E-state index contributed by atoms with van der Waals surface area (Å²) in [7, 11) is 0. The summed E-state index contributed by atoms with van der Waals surface area (Å²) >= 11 is 6.02. The minimum absolute atomic E-state index is 0.100. The molecule has 3 aromatic rings. The van der Waals surface area contributed by atoms with Gasteiger partial charge in [-0.2, -0.15) is 0 Å². The van der Waals surface area contributed by atoms with Crippen molar-refractivity contribution in [2.75, 3.05) is 11.9 Å². The first-order valence-electron chi connectivity index (χ1n) is 8.63. The van der Waals surface area contributed by atoms with Gasteiger partial charge in [0.1, 0.15) is 5.65 Å². The van der Waals surface area contributed by atoms with Gasteiger partial charge in [-0.05, 0) is 31.2 Å². The van der Waals surface area contributed by atoms with E-state index in [4.69, 9.17) is 16.7 Å². The van der Waals surface area contributed by atoms with Crippen LogP contribution in [0.15, 0.2) is 24.7 Å². The lowest BCUT2D eigenvalue weighted by Crippen LogP contribution is -2.16. The summed E-state index contributed by atoms with van der Waals surface area (Å²) in [5.41, 5.74) is 1.32. The fourth-order valence-electron chi connectivity index (χ4n) is 3.51. The van der Waals surface area contributed by atoms with Gasteiger partial charge in [-0.25, -0.2) is 19.3 Å². The smallest absolute Gasteiger partial charge is 0.306 e. The summed E-state index contributed by atoms with van der Waals surface area (Å²) in [6.45, 7) is 0.471. The van der Waals surface area contributed by atoms with E-state index < -0.39 is 11.8 Å². The monoisotopic (exact) mass is 389 g/mol. The fraction of sp³-hybridized carbons (Fsp3) is 0.333. The van der Waals surface area contributed by atoms with Gasteiger partial charge in [0.25, 0.3) is 0 Å². The summed E-state index contributed by atoms with van der Waals surface area (Å²) in [5.74, 6) is -1.000. The number of aliphatic carboxylic acids is 1. The van der Waals surface area contributed by atoms with E-state index in [1.807, 2.05) is 0 Å². The molecule has 1 saturated carbocycles. The van der Waals surface area contributed by atoms with Crippen LogP contribution in [-0.2, 0) is 4.79 Å². The van der Waals surface area contributed by atoms with E-state index in [1.54, 1.807) is 12.3 Å². The Morgan fingerprint density at radius 1 is 1.37 bits per heavy atom. The molecule has 1 fully saturated rings. The van der Waals surface area contributed by atoms with Crippen LogP contribution in [0.5, 0.6) is 0 Å². The first-order chi connectivity index (χ1) is 13.0. The molecule has 9 heteroatoms. The van der Waals surface area contributed by atoms with Crippen molar-refractivity contribution in [1.29, 1.82) is 0 Å². The van der Waals surface area contributed by atoms with E-state index in [-0.39, 0.29) is 17.7 Å². The number of pyridine rings is 1. The van der Waals surface area contributed by atoms with Crippen molar-refractivity contribution in [3.8, 4) is 11.4 Å². The Balaban J connectivity index is 1.55. The largest absolute Gasteiger partial charge is 0.481 e. The van der Waals surface area contributed by atoms with Gasteiger partial charge < -0.3 is 15.4 Å². The van der Waals surface area contributed by atoms with Crippen LogP contribution in [0.3, 0.4) is 0 Å². The molecular formula is C18H17ClFN5O2. The molecule has 27 heavy (non-hydrogen) atoms. The number of hydrogen-bond donors (Lipinski definition) is 3. The predicted molar refractivity (Wildman–Crippen MR) is 99.0 cm³/mol. The molecular weight excluding hydrogens is 373 g/mol. The third-order valence-electron chi connectivity index (χ3n) is 4.93. The van der Waals surface area contributed by atoms with Gasteiger partial charge in [0, 0.05) is 29.9 Å². The Morgan fingerprint density at radius 3 is 3.00 bits per heavy atom. The molecule has 3 heterocycles. The Hall–Kier alpha value is -2.74. The third-order valence-corrected chi connectivity index (χ3v) is 5.14. The highest BCUT2D eigenvalue weighted by Crippen LogP contribution is 2.32. The standard InChI is InChI=1S/C18H17ClFN5O2/c19-11-4-12-13(7-23-15(12)22-6-11)16-24-8-14(20)17(25-16)21-5-9-1-2-10(3-9)18(26)27/h4,6-10H,1-3,5H2,(H,22,23)(H,26,27)(H,21,24,25)/t9?,10-/m0/s1. The van der Waals surface area contributed by atoms with Crippen molar-refractivity contribution in [1.82, 2.24) is 19.9 Å². The van der Waals surface area contributed by atoms with E-state index in [2.05, 4.69) is 25.3 Å². The minimum atomic E-state index is -0.764. The molecule has 140 valence electrons. The number of carboxylic acids is 1. The van der Waals surface area contributed by atoms with Crippen LogP contribution < -0.4 is 5.32 Å². The maximum Gasteiger partial charge on any atom is 0.306 e. The maximum atomic E-state index is 14.1. The lowest BCUT2D eigenvalue weighted by atomic mass is 10.1. The van der Waals surface area contributed by atoms with E-state index in [0.29, 0.717) is 41.4 Å². The molecule has 1 aliphatic rings. The molecule has 2 atom stereocenters. The highest BCUT2D eigenvalue weighted by Gasteiger charge is 2.29. The second-order valence-corrected chi connectivity index (χ2v) is 7.17. The number of fused-ring (bicyclic) bond motifs is 1. The number of nitrogens with one attached hydrogen (secondary N) is 2. The van der Waals surface area contributed by atoms with Gasteiger partial charge in [0.05, 0.1) is 17.1 Å². The number of carbonyl (C=O) groups is 1. The Morgan fingerprint density at radius 2 is 2.22 bits per heavy atom. The molecule has 0 aromatic carbocycles. The molecule has 0 radical (unpaired) electrons. The number of carboxylic acid groups (broad SMARTS) is 1. The molecule has 0 bridgehead atoms.